The molecule has 1 aromatic carbocycles. The molecule has 5 rings (SSSR count). The van der Waals surface area contributed by atoms with Gasteiger partial charge in [-0.3, -0.25) is 9.59 Å². The first-order chi connectivity index (χ1) is 12.7. The van der Waals surface area contributed by atoms with E-state index in [0.717, 1.165) is 35.2 Å². The van der Waals surface area contributed by atoms with Gasteiger partial charge in [-0.25, -0.2) is 0 Å². The van der Waals surface area contributed by atoms with Crippen molar-refractivity contribution in [3.8, 4) is 0 Å². The average molecular weight is 370 g/mol. The fourth-order valence-electron chi connectivity index (χ4n) is 4.48. The van der Waals surface area contributed by atoms with Crippen LogP contribution < -0.4 is 20.9 Å². The van der Waals surface area contributed by atoms with Gasteiger partial charge in [-0.05, 0) is 37.5 Å². The lowest BCUT2D eigenvalue weighted by molar-refractivity contribution is -0.120. The van der Waals surface area contributed by atoms with Crippen LogP contribution in [0.25, 0.3) is 10.1 Å². The summed E-state index contributed by atoms with van der Waals surface area (Å²) in [5, 5.41) is 12.8. The second-order valence-corrected chi connectivity index (χ2v) is 8.38. The van der Waals surface area contributed by atoms with Crippen LogP contribution in [0.3, 0.4) is 0 Å². The fraction of sp³-hybridized carbons (Fsp3) is 0.474. The molecule has 3 N–H and O–H groups in total. The Hall–Kier alpha value is -2.12. The van der Waals surface area contributed by atoms with E-state index in [9.17, 15) is 9.59 Å². The number of carbonyl (C=O) groups is 2. The molecule has 3 aliphatic heterocycles. The average Bonchev–Trinajstić information content (AvgIpc) is 3.36. The molecule has 0 saturated carbocycles. The first-order valence-corrected chi connectivity index (χ1v) is 10.1. The summed E-state index contributed by atoms with van der Waals surface area (Å²) in [4.78, 5) is 26.6. The summed E-state index contributed by atoms with van der Waals surface area (Å²) in [5.74, 6) is 0.0491. The van der Waals surface area contributed by atoms with Crippen LogP contribution in [0.2, 0.25) is 0 Å². The molecular weight excluding hydrogens is 348 g/mol. The molecule has 3 atom stereocenters. The number of hydrogen-bond acceptors (Lipinski definition) is 5. The topological polar surface area (TPSA) is 73.5 Å². The van der Waals surface area contributed by atoms with E-state index in [1.807, 2.05) is 18.2 Å². The first-order valence-electron chi connectivity index (χ1n) is 9.27. The van der Waals surface area contributed by atoms with E-state index in [4.69, 9.17) is 0 Å². The van der Waals surface area contributed by atoms with Crippen LogP contribution in [0.15, 0.2) is 23.6 Å². The van der Waals surface area contributed by atoms with Gasteiger partial charge in [-0.15, -0.1) is 11.3 Å². The quantitative estimate of drug-likeness (QED) is 0.765. The predicted molar refractivity (Wildman–Crippen MR) is 103 cm³/mol. The van der Waals surface area contributed by atoms with Gasteiger partial charge in [0, 0.05) is 52.2 Å². The molecule has 0 radical (unpaired) electrons. The summed E-state index contributed by atoms with van der Waals surface area (Å²) < 4.78 is 1.14. The SMILES string of the molecule is O=C1CN(c2csc3ccc(C(=O)N[C@@H]4C[C@H]5CC[C@@H]4N5)cc23)CCN1. The number of hydrogen-bond donors (Lipinski definition) is 3. The maximum absolute atomic E-state index is 12.8. The van der Waals surface area contributed by atoms with Crippen LogP contribution in [0.4, 0.5) is 5.69 Å². The van der Waals surface area contributed by atoms with Gasteiger partial charge in [-0.1, -0.05) is 0 Å². The number of benzene rings is 1. The van der Waals surface area contributed by atoms with E-state index >= 15 is 0 Å². The van der Waals surface area contributed by atoms with Crippen molar-refractivity contribution < 1.29 is 9.59 Å². The molecule has 3 saturated heterocycles. The van der Waals surface area contributed by atoms with Crippen molar-refractivity contribution >= 4 is 38.9 Å². The summed E-state index contributed by atoms with van der Waals surface area (Å²) in [5.41, 5.74) is 1.75. The van der Waals surface area contributed by atoms with Crippen LogP contribution in [-0.4, -0.2) is 49.6 Å². The Bertz CT molecular complexity index is 880. The summed E-state index contributed by atoms with van der Waals surface area (Å²) in [7, 11) is 0. The van der Waals surface area contributed by atoms with Crippen LogP contribution in [0, 0.1) is 0 Å². The fourth-order valence-corrected chi connectivity index (χ4v) is 5.43. The number of anilines is 1. The van der Waals surface area contributed by atoms with Crippen LogP contribution in [0.1, 0.15) is 29.6 Å². The van der Waals surface area contributed by atoms with E-state index < -0.39 is 0 Å². The highest BCUT2D eigenvalue weighted by Gasteiger charge is 2.39. The number of thiophene rings is 1. The maximum atomic E-state index is 12.8. The van der Waals surface area contributed by atoms with Crippen molar-refractivity contribution in [2.45, 2.75) is 37.4 Å². The number of fused-ring (bicyclic) bond motifs is 3. The highest BCUT2D eigenvalue weighted by molar-refractivity contribution is 7.17. The molecule has 2 aromatic rings. The van der Waals surface area contributed by atoms with Crippen LogP contribution >= 0.6 is 11.3 Å². The highest BCUT2D eigenvalue weighted by Crippen LogP contribution is 2.34. The minimum atomic E-state index is -0.000197. The van der Waals surface area contributed by atoms with E-state index in [-0.39, 0.29) is 17.9 Å². The van der Waals surface area contributed by atoms with E-state index in [1.165, 1.54) is 6.42 Å². The molecule has 26 heavy (non-hydrogen) atoms. The summed E-state index contributed by atoms with van der Waals surface area (Å²) in [6.07, 6.45) is 3.41. The Balaban J connectivity index is 1.39. The Morgan fingerprint density at radius 3 is 3.00 bits per heavy atom. The first kappa shape index (κ1) is 16.1. The molecule has 6 nitrogen and oxygen atoms in total. The Kier molecular flexibility index (Phi) is 3.86. The van der Waals surface area contributed by atoms with Crippen LogP contribution in [-0.2, 0) is 4.79 Å². The molecule has 3 fully saturated rings. The smallest absolute Gasteiger partial charge is 0.251 e. The molecule has 2 bridgehead atoms. The second-order valence-electron chi connectivity index (χ2n) is 7.47. The molecule has 2 amide bonds. The molecule has 136 valence electrons. The summed E-state index contributed by atoms with van der Waals surface area (Å²) in [6, 6.07) is 7.13. The number of rotatable bonds is 3. The van der Waals surface area contributed by atoms with Gasteiger partial charge in [0.25, 0.3) is 5.91 Å². The number of amides is 2. The largest absolute Gasteiger partial charge is 0.359 e. The van der Waals surface area contributed by atoms with Crippen molar-refractivity contribution in [1.82, 2.24) is 16.0 Å². The predicted octanol–water partition coefficient (Wildman–Crippen LogP) is 1.46. The summed E-state index contributed by atoms with van der Waals surface area (Å²) in [6.45, 7) is 1.83. The van der Waals surface area contributed by atoms with Gasteiger partial charge < -0.3 is 20.9 Å². The standard InChI is InChI=1S/C19H22N4O2S/c24-18-9-23(6-5-20-18)16-10-26-17-4-1-11(7-13(16)17)19(25)22-15-8-12-2-3-14(15)21-12/h1,4,7,10,12,14-15,21H,2-3,5-6,8-9H2,(H,20,24)(H,22,25)/t12-,14+,15-/m1/s1. The third-order valence-electron chi connectivity index (χ3n) is 5.81. The lowest BCUT2D eigenvalue weighted by Crippen LogP contribution is -2.47. The third-order valence-corrected chi connectivity index (χ3v) is 6.76. The molecule has 3 aliphatic rings. The molecule has 1 aromatic heterocycles. The minimum Gasteiger partial charge on any atom is -0.359 e. The highest BCUT2D eigenvalue weighted by atomic mass is 32.1. The molecule has 0 spiro atoms. The van der Waals surface area contributed by atoms with Gasteiger partial charge in [0.05, 0.1) is 12.2 Å². The van der Waals surface area contributed by atoms with E-state index in [0.29, 0.717) is 30.7 Å². The lowest BCUT2D eigenvalue weighted by Gasteiger charge is -2.28. The second kappa shape index (κ2) is 6.25. The minimum absolute atomic E-state index is 0.000197. The zero-order valence-corrected chi connectivity index (χ0v) is 15.3. The van der Waals surface area contributed by atoms with Gasteiger partial charge in [0.1, 0.15) is 0 Å². The number of nitrogens with zero attached hydrogens (tertiary/aromatic N) is 1. The lowest BCUT2D eigenvalue weighted by atomic mass is 9.95. The molecule has 0 unspecified atom stereocenters. The Labute approximate surface area is 155 Å². The van der Waals surface area contributed by atoms with Crippen molar-refractivity contribution in [2.75, 3.05) is 24.5 Å². The maximum Gasteiger partial charge on any atom is 0.251 e. The van der Waals surface area contributed by atoms with Gasteiger partial charge in [0.2, 0.25) is 5.91 Å². The molecule has 0 aliphatic carbocycles. The molecule has 7 heteroatoms. The van der Waals surface area contributed by atoms with Gasteiger partial charge in [0.15, 0.2) is 0 Å². The number of nitrogens with one attached hydrogen (secondary N) is 3. The normalized spacial score (nSPS) is 27.8. The Morgan fingerprint density at radius 2 is 2.23 bits per heavy atom. The summed E-state index contributed by atoms with van der Waals surface area (Å²) >= 11 is 1.66. The van der Waals surface area contributed by atoms with Crippen molar-refractivity contribution in [1.29, 1.82) is 0 Å². The van der Waals surface area contributed by atoms with E-state index in [1.54, 1.807) is 11.3 Å². The number of carbonyl (C=O) groups excluding carboxylic acids is 2. The third kappa shape index (κ3) is 2.75. The van der Waals surface area contributed by atoms with Crippen molar-refractivity contribution in [3.05, 3.63) is 29.1 Å². The zero-order chi connectivity index (χ0) is 17.7. The van der Waals surface area contributed by atoms with E-state index in [2.05, 4.69) is 26.2 Å². The van der Waals surface area contributed by atoms with Crippen molar-refractivity contribution in [2.24, 2.45) is 0 Å². The monoisotopic (exact) mass is 370 g/mol. The van der Waals surface area contributed by atoms with Gasteiger partial charge in [-0.2, -0.15) is 0 Å². The molecular formula is C19H22N4O2S. The van der Waals surface area contributed by atoms with Crippen molar-refractivity contribution in [3.63, 3.8) is 0 Å². The van der Waals surface area contributed by atoms with Crippen LogP contribution in [0.5, 0.6) is 0 Å². The Morgan fingerprint density at radius 1 is 1.31 bits per heavy atom. The van der Waals surface area contributed by atoms with Gasteiger partial charge >= 0.3 is 0 Å². The molecule has 4 heterocycles. The zero-order valence-electron chi connectivity index (χ0n) is 14.5. The number of piperazine rings is 1.